The Bertz CT molecular complexity index is 3220. The number of hydrogen-bond acceptors (Lipinski definition) is 3. The molecule has 0 amide bonds. The van der Waals surface area contributed by atoms with Gasteiger partial charge in [-0.25, -0.2) is 4.98 Å². The molecule has 0 radical (unpaired) electrons. The Morgan fingerprint density at radius 3 is 1.78 bits per heavy atom. The molecule has 0 aliphatic carbocycles. The molecule has 0 aliphatic heterocycles. The molecule has 4 nitrogen and oxygen atoms in total. The summed E-state index contributed by atoms with van der Waals surface area (Å²) in [6.07, 6.45) is 3.76. The molecule has 4 aromatic heterocycles. The van der Waals surface area contributed by atoms with E-state index < -0.39 is 0 Å². The van der Waals surface area contributed by atoms with Crippen LogP contribution in [0.5, 0.6) is 0 Å². The van der Waals surface area contributed by atoms with Gasteiger partial charge in [0.2, 0.25) is 0 Å². The molecular weight excluding hydrogens is 669 g/mol. The van der Waals surface area contributed by atoms with Crippen molar-refractivity contribution in [1.82, 2.24) is 19.5 Å². The van der Waals surface area contributed by atoms with Gasteiger partial charge in [0.15, 0.2) is 0 Å². The van der Waals surface area contributed by atoms with Crippen molar-refractivity contribution >= 4 is 54.3 Å². The van der Waals surface area contributed by atoms with Crippen molar-refractivity contribution in [2.75, 3.05) is 0 Å². The first-order valence-corrected chi connectivity index (χ1v) is 18.6. The van der Waals surface area contributed by atoms with E-state index in [1.807, 2.05) is 24.4 Å². The molecule has 0 fully saturated rings. The molecule has 256 valence electrons. The standard InChI is InChI=1S/C51H32N4/c1-3-13-33(14-4-1)50-44-28-27-42-41-19-9-10-21-48(41)55(36-15-5-2-6-16-36)51(42)49(44)43-24-22-34(31-47(43)54-50)37-25-26-38(40-18-8-7-17-39(37)40)35-23-29-46(53-32-35)45-20-11-12-30-52-45/h1-32H. The van der Waals surface area contributed by atoms with E-state index in [0.29, 0.717) is 0 Å². The number of aromatic nitrogens is 4. The molecular formula is C51H32N4. The SMILES string of the molecule is c1ccc(-c2nc3cc(-c4ccc(-c5ccc(-c6ccccn6)nc5)c5ccccc45)ccc3c3c2ccc2c4ccccc4n(-c4ccccc4)c23)cc1. The summed E-state index contributed by atoms with van der Waals surface area (Å²) in [7, 11) is 0. The number of fused-ring (bicyclic) bond motifs is 8. The van der Waals surface area contributed by atoms with Crippen LogP contribution >= 0.6 is 0 Å². The Hall–Kier alpha value is -7.43. The number of hydrogen-bond donors (Lipinski definition) is 0. The lowest BCUT2D eigenvalue weighted by atomic mass is 9.91. The lowest BCUT2D eigenvalue weighted by Crippen LogP contribution is -1.96. The highest BCUT2D eigenvalue weighted by Gasteiger charge is 2.20. The van der Waals surface area contributed by atoms with E-state index in [0.717, 1.165) is 61.3 Å². The summed E-state index contributed by atoms with van der Waals surface area (Å²) in [6, 6.07) is 64.6. The smallest absolute Gasteiger partial charge is 0.0886 e. The summed E-state index contributed by atoms with van der Waals surface area (Å²) in [5.41, 5.74) is 12.8. The van der Waals surface area contributed by atoms with Gasteiger partial charge in [-0.2, -0.15) is 0 Å². The Morgan fingerprint density at radius 1 is 0.400 bits per heavy atom. The molecule has 0 bridgehead atoms. The maximum Gasteiger partial charge on any atom is 0.0886 e. The second-order valence-corrected chi connectivity index (χ2v) is 14.0. The molecule has 7 aromatic carbocycles. The van der Waals surface area contributed by atoms with E-state index in [1.54, 1.807) is 6.20 Å². The Labute approximate surface area is 317 Å². The summed E-state index contributed by atoms with van der Waals surface area (Å²) in [5, 5.41) is 8.29. The molecule has 4 heteroatoms. The predicted octanol–water partition coefficient (Wildman–Crippen LogP) is 13.1. The number of pyridine rings is 3. The topological polar surface area (TPSA) is 43.6 Å². The van der Waals surface area contributed by atoms with Crippen LogP contribution in [0.1, 0.15) is 0 Å². The lowest BCUT2D eigenvalue weighted by Gasteiger charge is -2.16. The summed E-state index contributed by atoms with van der Waals surface area (Å²) in [6.45, 7) is 0. The van der Waals surface area contributed by atoms with Gasteiger partial charge in [0.1, 0.15) is 0 Å². The van der Waals surface area contributed by atoms with Crippen molar-refractivity contribution in [2.24, 2.45) is 0 Å². The van der Waals surface area contributed by atoms with Gasteiger partial charge < -0.3 is 4.57 Å². The van der Waals surface area contributed by atoms with E-state index in [9.17, 15) is 0 Å². The minimum atomic E-state index is 0.859. The van der Waals surface area contributed by atoms with E-state index in [-0.39, 0.29) is 0 Å². The van der Waals surface area contributed by atoms with Gasteiger partial charge in [-0.1, -0.05) is 140 Å². The van der Waals surface area contributed by atoms with Gasteiger partial charge in [0.05, 0.1) is 33.6 Å². The molecule has 0 unspecified atom stereocenters. The van der Waals surface area contributed by atoms with Crippen molar-refractivity contribution < 1.29 is 0 Å². The first kappa shape index (κ1) is 31.1. The lowest BCUT2D eigenvalue weighted by molar-refractivity contribution is 1.19. The van der Waals surface area contributed by atoms with Crippen molar-refractivity contribution in [3.8, 4) is 50.6 Å². The van der Waals surface area contributed by atoms with Crippen molar-refractivity contribution in [1.29, 1.82) is 0 Å². The van der Waals surface area contributed by atoms with Gasteiger partial charge in [0, 0.05) is 56.1 Å². The largest absolute Gasteiger partial charge is 0.309 e. The third-order valence-electron chi connectivity index (χ3n) is 10.9. The normalized spacial score (nSPS) is 11.6. The first-order valence-electron chi connectivity index (χ1n) is 18.6. The highest BCUT2D eigenvalue weighted by atomic mass is 15.0. The van der Waals surface area contributed by atoms with E-state index in [4.69, 9.17) is 9.97 Å². The van der Waals surface area contributed by atoms with Gasteiger partial charge in [0.25, 0.3) is 0 Å². The minimum absolute atomic E-state index is 0.859. The van der Waals surface area contributed by atoms with Crippen molar-refractivity contribution in [2.45, 2.75) is 0 Å². The van der Waals surface area contributed by atoms with Gasteiger partial charge in [-0.05, 0) is 69.9 Å². The van der Waals surface area contributed by atoms with Crippen molar-refractivity contribution in [3.05, 3.63) is 194 Å². The Morgan fingerprint density at radius 2 is 1.04 bits per heavy atom. The fourth-order valence-corrected chi connectivity index (χ4v) is 8.39. The number of nitrogens with zero attached hydrogens (tertiary/aromatic N) is 4. The van der Waals surface area contributed by atoms with Crippen LogP contribution in [0.3, 0.4) is 0 Å². The second-order valence-electron chi connectivity index (χ2n) is 14.0. The molecule has 0 saturated heterocycles. The number of para-hydroxylation sites is 2. The van der Waals surface area contributed by atoms with Crippen LogP contribution in [-0.4, -0.2) is 19.5 Å². The first-order chi connectivity index (χ1) is 27.3. The zero-order valence-electron chi connectivity index (χ0n) is 29.8. The molecule has 0 N–H and O–H groups in total. The third-order valence-corrected chi connectivity index (χ3v) is 10.9. The van der Waals surface area contributed by atoms with Crippen LogP contribution < -0.4 is 0 Å². The van der Waals surface area contributed by atoms with Crippen LogP contribution in [0, 0.1) is 0 Å². The van der Waals surface area contributed by atoms with Gasteiger partial charge >= 0.3 is 0 Å². The summed E-state index contributed by atoms with van der Waals surface area (Å²) in [4.78, 5) is 14.8. The summed E-state index contributed by atoms with van der Waals surface area (Å²) < 4.78 is 2.43. The van der Waals surface area contributed by atoms with Crippen LogP contribution in [0.4, 0.5) is 0 Å². The predicted molar refractivity (Wildman–Crippen MR) is 228 cm³/mol. The second kappa shape index (κ2) is 12.6. The maximum atomic E-state index is 5.48. The molecule has 55 heavy (non-hydrogen) atoms. The highest BCUT2D eigenvalue weighted by Crippen LogP contribution is 2.43. The molecule has 0 spiro atoms. The minimum Gasteiger partial charge on any atom is -0.309 e. The Kier molecular flexibility index (Phi) is 7.14. The van der Waals surface area contributed by atoms with Crippen LogP contribution in [0.15, 0.2) is 194 Å². The molecule has 11 aromatic rings. The Balaban J connectivity index is 1.15. The van der Waals surface area contributed by atoms with E-state index >= 15 is 0 Å². The van der Waals surface area contributed by atoms with E-state index in [1.165, 1.54) is 43.5 Å². The van der Waals surface area contributed by atoms with Crippen molar-refractivity contribution in [3.63, 3.8) is 0 Å². The maximum absolute atomic E-state index is 5.48. The number of benzene rings is 7. The zero-order chi connectivity index (χ0) is 36.3. The summed E-state index contributed by atoms with van der Waals surface area (Å²) >= 11 is 0. The van der Waals surface area contributed by atoms with Gasteiger partial charge in [-0.15, -0.1) is 0 Å². The van der Waals surface area contributed by atoms with Crippen LogP contribution in [0.25, 0.3) is 105 Å². The zero-order valence-corrected chi connectivity index (χ0v) is 29.8. The molecule has 11 rings (SSSR count). The third kappa shape index (κ3) is 5.03. The van der Waals surface area contributed by atoms with Crippen LogP contribution in [0.2, 0.25) is 0 Å². The van der Waals surface area contributed by atoms with Gasteiger partial charge in [-0.3, -0.25) is 9.97 Å². The van der Waals surface area contributed by atoms with Crippen LogP contribution in [-0.2, 0) is 0 Å². The fraction of sp³-hybridized carbons (Fsp3) is 0. The summed E-state index contributed by atoms with van der Waals surface area (Å²) in [5.74, 6) is 0. The monoisotopic (exact) mass is 700 g/mol. The average Bonchev–Trinajstić information content (AvgIpc) is 3.61. The number of rotatable bonds is 5. The average molecular weight is 701 g/mol. The fourth-order valence-electron chi connectivity index (χ4n) is 8.39. The molecule has 0 atom stereocenters. The highest BCUT2D eigenvalue weighted by molar-refractivity contribution is 6.27. The quantitative estimate of drug-likeness (QED) is 0.168. The molecule has 0 aliphatic rings. The molecule has 4 heterocycles. The molecule has 0 saturated carbocycles. The van der Waals surface area contributed by atoms with E-state index in [2.05, 4.69) is 173 Å².